The molecule has 126 valence electrons. The van der Waals surface area contributed by atoms with Crippen molar-refractivity contribution in [2.24, 2.45) is 0 Å². The molecule has 1 amide bonds. The van der Waals surface area contributed by atoms with Crippen molar-refractivity contribution in [3.63, 3.8) is 0 Å². The van der Waals surface area contributed by atoms with Crippen molar-refractivity contribution in [1.82, 2.24) is 0 Å². The van der Waals surface area contributed by atoms with Crippen molar-refractivity contribution in [1.29, 1.82) is 0 Å². The van der Waals surface area contributed by atoms with Gasteiger partial charge < -0.3 is 9.47 Å². The van der Waals surface area contributed by atoms with E-state index in [0.29, 0.717) is 17.9 Å². The summed E-state index contributed by atoms with van der Waals surface area (Å²) in [5.41, 5.74) is 1.43. The summed E-state index contributed by atoms with van der Waals surface area (Å²) in [4.78, 5) is 23.9. The molecular formula is C19H21NO4. The Kier molecular flexibility index (Phi) is 6.37. The highest BCUT2D eigenvalue weighted by atomic mass is 16.5. The van der Waals surface area contributed by atoms with E-state index >= 15 is 0 Å². The molecule has 0 saturated carbocycles. The van der Waals surface area contributed by atoms with Gasteiger partial charge in [0, 0.05) is 11.8 Å². The van der Waals surface area contributed by atoms with Gasteiger partial charge in [0.15, 0.2) is 0 Å². The molecule has 0 fully saturated rings. The van der Waals surface area contributed by atoms with Crippen LogP contribution >= 0.6 is 0 Å². The monoisotopic (exact) mass is 327 g/mol. The molecule has 0 aliphatic rings. The molecule has 5 nitrogen and oxygen atoms in total. The van der Waals surface area contributed by atoms with E-state index in [1.54, 1.807) is 31.2 Å². The van der Waals surface area contributed by atoms with Crippen LogP contribution in [-0.4, -0.2) is 18.7 Å². The van der Waals surface area contributed by atoms with Crippen LogP contribution in [0.4, 0.5) is 10.5 Å². The zero-order chi connectivity index (χ0) is 17.4. The van der Waals surface area contributed by atoms with Crippen molar-refractivity contribution in [2.75, 3.05) is 11.9 Å². The highest BCUT2D eigenvalue weighted by molar-refractivity contribution is 5.85. The molecule has 5 heteroatoms. The average molecular weight is 327 g/mol. The number of carbonyl (C=O) groups is 2. The lowest BCUT2D eigenvalue weighted by Crippen LogP contribution is -2.18. The van der Waals surface area contributed by atoms with Gasteiger partial charge in [0.2, 0.25) is 0 Å². The van der Waals surface area contributed by atoms with E-state index < -0.39 is 6.09 Å². The number of anilines is 1. The molecule has 0 aromatic heterocycles. The average Bonchev–Trinajstić information content (AvgIpc) is 2.57. The van der Waals surface area contributed by atoms with E-state index in [1.807, 2.05) is 37.3 Å². The van der Waals surface area contributed by atoms with Gasteiger partial charge in [-0.25, -0.2) is 4.79 Å². The van der Waals surface area contributed by atoms with Gasteiger partial charge >= 0.3 is 12.1 Å². The maximum atomic E-state index is 12.4. The fraction of sp³-hybridized carbons (Fsp3) is 0.263. The van der Waals surface area contributed by atoms with Gasteiger partial charge in [-0.3, -0.25) is 10.1 Å². The topological polar surface area (TPSA) is 64.6 Å². The number of nitrogens with one attached hydrogen (secondary N) is 1. The number of hydrogen-bond acceptors (Lipinski definition) is 4. The number of amides is 1. The molecule has 0 bridgehead atoms. The van der Waals surface area contributed by atoms with E-state index in [-0.39, 0.29) is 18.5 Å². The van der Waals surface area contributed by atoms with E-state index in [0.717, 1.165) is 5.56 Å². The van der Waals surface area contributed by atoms with Gasteiger partial charge in [0.1, 0.15) is 5.75 Å². The summed E-state index contributed by atoms with van der Waals surface area (Å²) < 4.78 is 10.3. The Bertz CT molecular complexity index is 685. The van der Waals surface area contributed by atoms with Gasteiger partial charge in [-0.15, -0.1) is 0 Å². The highest BCUT2D eigenvalue weighted by Crippen LogP contribution is 2.24. The molecule has 0 aliphatic heterocycles. The Labute approximate surface area is 141 Å². The van der Waals surface area contributed by atoms with Crippen molar-refractivity contribution in [2.45, 2.75) is 26.2 Å². The summed E-state index contributed by atoms with van der Waals surface area (Å²) in [6.07, 6.45) is 0.0977. The number of esters is 1. The summed E-state index contributed by atoms with van der Waals surface area (Å²) in [5.74, 6) is -0.270. The minimum atomic E-state index is -0.545. The Morgan fingerprint density at radius 3 is 2.46 bits per heavy atom. The predicted octanol–water partition coefficient (Wildman–Crippen LogP) is 4.35. The molecule has 2 rings (SSSR count). The minimum Gasteiger partial charge on any atom is -0.450 e. The lowest BCUT2D eigenvalue weighted by atomic mass is 9.97. The van der Waals surface area contributed by atoms with E-state index in [4.69, 9.17) is 9.47 Å². The van der Waals surface area contributed by atoms with Gasteiger partial charge in [0.05, 0.1) is 12.5 Å². The second kappa shape index (κ2) is 8.72. The molecule has 2 aromatic rings. The molecule has 1 unspecified atom stereocenters. The van der Waals surface area contributed by atoms with Crippen LogP contribution in [0.3, 0.4) is 0 Å². The number of rotatable bonds is 6. The summed E-state index contributed by atoms with van der Waals surface area (Å²) >= 11 is 0. The molecule has 0 radical (unpaired) electrons. The smallest absolute Gasteiger partial charge is 0.411 e. The zero-order valence-corrected chi connectivity index (χ0v) is 13.8. The van der Waals surface area contributed by atoms with Gasteiger partial charge in [0.25, 0.3) is 0 Å². The molecule has 1 N–H and O–H groups in total. The third-order valence-corrected chi connectivity index (χ3v) is 3.47. The molecule has 1 atom stereocenters. The zero-order valence-electron chi connectivity index (χ0n) is 13.8. The second-order valence-electron chi connectivity index (χ2n) is 5.17. The fourth-order valence-corrected chi connectivity index (χ4v) is 2.33. The van der Waals surface area contributed by atoms with E-state index in [9.17, 15) is 9.59 Å². The molecule has 0 aliphatic carbocycles. The first-order valence-electron chi connectivity index (χ1n) is 7.94. The van der Waals surface area contributed by atoms with Crippen LogP contribution in [0.2, 0.25) is 0 Å². The van der Waals surface area contributed by atoms with Crippen LogP contribution in [0.15, 0.2) is 54.6 Å². The first-order chi connectivity index (χ1) is 11.6. The van der Waals surface area contributed by atoms with Crippen LogP contribution in [0.25, 0.3) is 0 Å². The normalized spacial score (nSPS) is 11.4. The van der Waals surface area contributed by atoms with Gasteiger partial charge in [-0.1, -0.05) is 43.3 Å². The van der Waals surface area contributed by atoms with Gasteiger partial charge in [-0.2, -0.15) is 0 Å². The van der Waals surface area contributed by atoms with Crippen LogP contribution in [0.5, 0.6) is 5.75 Å². The maximum Gasteiger partial charge on any atom is 0.411 e. The Balaban J connectivity index is 2.07. The summed E-state index contributed by atoms with van der Waals surface area (Å²) in [5, 5.41) is 2.58. The molecule has 0 spiro atoms. The largest absolute Gasteiger partial charge is 0.450 e. The second-order valence-corrected chi connectivity index (χ2v) is 5.17. The SMILES string of the molecule is CCOC(=O)Nc1cccc(OC(=O)C(CC)c2ccccc2)c1. The van der Waals surface area contributed by atoms with E-state index in [2.05, 4.69) is 5.32 Å². The first kappa shape index (κ1) is 17.5. The fourth-order valence-electron chi connectivity index (χ4n) is 2.33. The Morgan fingerprint density at radius 2 is 1.79 bits per heavy atom. The van der Waals surface area contributed by atoms with Crippen molar-refractivity contribution in [3.8, 4) is 5.75 Å². The van der Waals surface area contributed by atoms with Crippen molar-refractivity contribution >= 4 is 17.7 Å². The summed E-state index contributed by atoms with van der Waals surface area (Å²) in [6.45, 7) is 3.96. The molecule has 0 saturated heterocycles. The quantitative estimate of drug-likeness (QED) is 0.632. The number of hydrogen-bond donors (Lipinski definition) is 1. The first-order valence-corrected chi connectivity index (χ1v) is 7.94. The van der Waals surface area contributed by atoms with Crippen molar-refractivity contribution in [3.05, 3.63) is 60.2 Å². The lowest BCUT2D eigenvalue weighted by molar-refractivity contribution is -0.136. The van der Waals surface area contributed by atoms with Crippen LogP contribution < -0.4 is 10.1 Å². The summed E-state index contributed by atoms with van der Waals surface area (Å²) in [6, 6.07) is 16.2. The number of benzene rings is 2. The van der Waals surface area contributed by atoms with Crippen molar-refractivity contribution < 1.29 is 19.1 Å². The third kappa shape index (κ3) is 4.84. The maximum absolute atomic E-state index is 12.4. The predicted molar refractivity (Wildman–Crippen MR) is 92.2 cm³/mol. The Morgan fingerprint density at radius 1 is 1.04 bits per heavy atom. The van der Waals surface area contributed by atoms with E-state index in [1.165, 1.54) is 0 Å². The summed E-state index contributed by atoms with van der Waals surface area (Å²) in [7, 11) is 0. The molecular weight excluding hydrogens is 306 g/mol. The van der Waals surface area contributed by atoms with Crippen LogP contribution in [0.1, 0.15) is 31.7 Å². The number of ether oxygens (including phenoxy) is 2. The Hall–Kier alpha value is -2.82. The molecule has 0 heterocycles. The van der Waals surface area contributed by atoms with Crippen LogP contribution in [0, 0.1) is 0 Å². The lowest BCUT2D eigenvalue weighted by Gasteiger charge is -2.15. The molecule has 2 aromatic carbocycles. The minimum absolute atomic E-state index is 0.287. The van der Waals surface area contributed by atoms with Gasteiger partial charge in [-0.05, 0) is 31.0 Å². The highest BCUT2D eigenvalue weighted by Gasteiger charge is 2.20. The van der Waals surface area contributed by atoms with Crippen LogP contribution in [-0.2, 0) is 9.53 Å². The molecule has 24 heavy (non-hydrogen) atoms. The standard InChI is InChI=1S/C19H21NO4/c1-3-17(14-9-6-5-7-10-14)18(21)24-16-12-8-11-15(13-16)20-19(22)23-4-2/h5-13,17H,3-4H2,1-2H3,(H,20,22). The third-order valence-electron chi connectivity index (χ3n) is 3.47. The number of carbonyl (C=O) groups excluding carboxylic acids is 2.